The van der Waals surface area contributed by atoms with Crippen LogP contribution < -0.4 is 0 Å². The fourth-order valence-electron chi connectivity index (χ4n) is 5.07. The average Bonchev–Trinajstić information content (AvgIpc) is 3.15. The molecule has 0 saturated carbocycles. The number of carbonyl (C=O) groups is 1. The molecule has 0 N–H and O–H groups in total. The number of aryl methyl sites for hydroxylation is 1. The summed E-state index contributed by atoms with van der Waals surface area (Å²) in [6.45, 7) is 7.90. The van der Waals surface area contributed by atoms with Crippen LogP contribution in [-0.4, -0.2) is 47.9 Å². The Morgan fingerprint density at radius 1 is 1.23 bits per heavy atom. The van der Waals surface area contributed by atoms with Gasteiger partial charge in [-0.15, -0.1) is 0 Å². The van der Waals surface area contributed by atoms with Crippen LogP contribution in [0.2, 0.25) is 10.0 Å². The van der Waals surface area contributed by atoms with Crippen molar-refractivity contribution in [3.05, 3.63) is 50.6 Å². The number of nitrogens with zero attached hydrogens (tertiary/aromatic N) is 4. The lowest BCUT2D eigenvalue weighted by molar-refractivity contribution is -0.121. The molecule has 2 fully saturated rings. The number of halogens is 2. The van der Waals surface area contributed by atoms with Crippen molar-refractivity contribution >= 4 is 41.1 Å². The predicted molar refractivity (Wildman–Crippen MR) is 140 cm³/mol. The van der Waals surface area contributed by atoms with Crippen molar-refractivity contribution in [2.75, 3.05) is 26.3 Å². The van der Waals surface area contributed by atoms with E-state index in [-0.39, 0.29) is 0 Å². The van der Waals surface area contributed by atoms with Crippen molar-refractivity contribution in [2.45, 2.75) is 45.4 Å². The number of likely N-dealkylation sites (tertiary alicyclic amines) is 1. The van der Waals surface area contributed by atoms with E-state index in [0.717, 1.165) is 67.2 Å². The molecule has 2 saturated heterocycles. The molecule has 0 radical (unpaired) electrons. The summed E-state index contributed by atoms with van der Waals surface area (Å²) in [5.41, 5.74) is 4.82. The van der Waals surface area contributed by atoms with Crippen molar-refractivity contribution in [2.24, 2.45) is 23.9 Å². The third kappa shape index (κ3) is 5.58. The Labute approximate surface area is 217 Å². The molecule has 1 atom stereocenters. The number of piperidine rings is 1. The number of ether oxygens (including phenoxy) is 1. The summed E-state index contributed by atoms with van der Waals surface area (Å²) in [7, 11) is 1.97. The minimum Gasteiger partial charge on any atom is -0.381 e. The first-order valence-corrected chi connectivity index (χ1v) is 12.9. The maximum Gasteiger partial charge on any atom is 0.209 e. The molecule has 5 rings (SSSR count). The van der Waals surface area contributed by atoms with Crippen LogP contribution in [0.25, 0.3) is 0 Å². The molecule has 3 aliphatic heterocycles. The number of hydrogen-bond acceptors (Lipinski definition) is 4. The van der Waals surface area contributed by atoms with Crippen LogP contribution in [0.3, 0.4) is 0 Å². The Bertz CT molecular complexity index is 1150. The third-order valence-electron chi connectivity index (χ3n) is 7.52. The first-order valence-electron chi connectivity index (χ1n) is 12.2. The van der Waals surface area contributed by atoms with Crippen LogP contribution in [-0.2, 0) is 23.0 Å². The van der Waals surface area contributed by atoms with Gasteiger partial charge in [-0.3, -0.25) is 4.79 Å². The summed E-state index contributed by atoms with van der Waals surface area (Å²) < 4.78 is 7.20. The Morgan fingerprint density at radius 3 is 2.54 bits per heavy atom. The maximum atomic E-state index is 10.4. The van der Waals surface area contributed by atoms with Crippen molar-refractivity contribution < 1.29 is 9.53 Å². The van der Waals surface area contributed by atoms with Gasteiger partial charge in [0.2, 0.25) is 6.41 Å². The van der Waals surface area contributed by atoms with Gasteiger partial charge in [-0.05, 0) is 60.4 Å². The summed E-state index contributed by atoms with van der Waals surface area (Å²) in [5, 5.41) is 10.5. The third-order valence-corrected chi connectivity index (χ3v) is 8.40. The zero-order valence-corrected chi connectivity index (χ0v) is 22.1. The summed E-state index contributed by atoms with van der Waals surface area (Å²) >= 11 is 12.8. The molecule has 4 heterocycles. The SMILES string of the molecule is Cc1ccc(Cl)c(Cc2cc3c(n2C)N=C(C#N)CC3C)c1Cl.O=CN1CCC(C2COC2)CC1. The van der Waals surface area contributed by atoms with Crippen LogP contribution in [0.1, 0.15) is 54.5 Å². The van der Waals surface area contributed by atoms with Gasteiger partial charge in [-0.1, -0.05) is 36.2 Å². The molecule has 0 aliphatic carbocycles. The van der Waals surface area contributed by atoms with Gasteiger partial charge in [0.15, 0.2) is 0 Å². The molecule has 3 aliphatic rings. The molecule has 186 valence electrons. The zero-order valence-electron chi connectivity index (χ0n) is 20.6. The number of amides is 1. The molecule has 8 heteroatoms. The second kappa shape index (κ2) is 11.2. The molecule has 1 amide bonds. The highest BCUT2D eigenvalue weighted by Gasteiger charge is 2.30. The number of benzene rings is 1. The number of hydrogen-bond donors (Lipinski definition) is 0. The second-order valence-electron chi connectivity index (χ2n) is 9.86. The van der Waals surface area contributed by atoms with Gasteiger partial charge in [0, 0.05) is 54.6 Å². The number of rotatable bonds is 4. The van der Waals surface area contributed by atoms with Crippen molar-refractivity contribution in [1.29, 1.82) is 5.26 Å². The lowest BCUT2D eigenvalue weighted by Gasteiger charge is -2.38. The Balaban J connectivity index is 0.000000201. The Morgan fingerprint density at radius 2 is 1.94 bits per heavy atom. The molecule has 2 aromatic rings. The Kier molecular flexibility index (Phi) is 8.21. The number of carbonyl (C=O) groups excluding carboxylic acids is 1. The molecule has 1 aromatic heterocycles. The number of fused-ring (bicyclic) bond motifs is 1. The topological polar surface area (TPSA) is 70.6 Å². The van der Waals surface area contributed by atoms with Gasteiger partial charge in [0.1, 0.15) is 17.6 Å². The van der Waals surface area contributed by atoms with E-state index in [4.69, 9.17) is 33.2 Å². The smallest absolute Gasteiger partial charge is 0.209 e. The first-order chi connectivity index (χ1) is 16.8. The van der Waals surface area contributed by atoms with Gasteiger partial charge in [-0.25, -0.2) is 4.99 Å². The zero-order chi connectivity index (χ0) is 25.1. The van der Waals surface area contributed by atoms with Crippen LogP contribution >= 0.6 is 23.2 Å². The van der Waals surface area contributed by atoms with E-state index in [1.807, 2.05) is 35.6 Å². The van der Waals surface area contributed by atoms with Gasteiger partial charge in [0.25, 0.3) is 0 Å². The van der Waals surface area contributed by atoms with Crippen LogP contribution in [0.15, 0.2) is 23.2 Å². The molecular formula is C27H32Cl2N4O2. The molecule has 6 nitrogen and oxygen atoms in total. The second-order valence-corrected chi connectivity index (χ2v) is 10.6. The first kappa shape index (κ1) is 25.8. The number of nitriles is 1. The summed E-state index contributed by atoms with van der Waals surface area (Å²) in [4.78, 5) is 16.8. The van der Waals surface area contributed by atoms with Crippen LogP contribution in [0, 0.1) is 30.1 Å². The van der Waals surface area contributed by atoms with Gasteiger partial charge < -0.3 is 14.2 Å². The molecule has 0 bridgehead atoms. The standard InChI is InChI=1S/C18H17Cl2N3.C9H15NO2/c1-10-4-5-16(19)15(17(10)20)8-13-7-14-11(2)6-12(9-21)22-18(14)23(13)3;11-7-10-3-1-8(2-4-10)9-5-12-6-9/h4-5,7,11H,6,8H2,1-3H3;7-9H,1-6H2. The lowest BCUT2D eigenvalue weighted by atomic mass is 9.83. The van der Waals surface area contributed by atoms with Crippen molar-refractivity contribution in [1.82, 2.24) is 9.47 Å². The highest BCUT2D eigenvalue weighted by Crippen LogP contribution is 2.38. The van der Waals surface area contributed by atoms with E-state index in [1.54, 1.807) is 0 Å². The van der Waals surface area contributed by atoms with E-state index in [1.165, 1.54) is 18.4 Å². The van der Waals surface area contributed by atoms with E-state index < -0.39 is 0 Å². The molecular weight excluding hydrogens is 483 g/mol. The lowest BCUT2D eigenvalue weighted by Crippen LogP contribution is -2.41. The number of aromatic nitrogens is 1. The number of aliphatic imine (C=N–C) groups is 1. The summed E-state index contributed by atoms with van der Waals surface area (Å²) in [5.74, 6) is 2.77. The van der Waals surface area contributed by atoms with E-state index >= 15 is 0 Å². The fraction of sp³-hybridized carbons (Fsp3) is 0.519. The van der Waals surface area contributed by atoms with E-state index in [9.17, 15) is 4.79 Å². The predicted octanol–water partition coefficient (Wildman–Crippen LogP) is 5.84. The molecule has 1 aromatic carbocycles. The van der Waals surface area contributed by atoms with Crippen molar-refractivity contribution in [3.8, 4) is 6.07 Å². The monoisotopic (exact) mass is 514 g/mol. The molecule has 35 heavy (non-hydrogen) atoms. The van der Waals surface area contributed by atoms with Crippen LogP contribution in [0.4, 0.5) is 5.82 Å². The van der Waals surface area contributed by atoms with Crippen molar-refractivity contribution in [3.63, 3.8) is 0 Å². The highest BCUT2D eigenvalue weighted by molar-refractivity contribution is 6.36. The summed E-state index contributed by atoms with van der Waals surface area (Å²) in [6, 6.07) is 8.15. The van der Waals surface area contributed by atoms with Gasteiger partial charge in [-0.2, -0.15) is 5.26 Å². The molecule has 1 unspecified atom stereocenters. The summed E-state index contributed by atoms with van der Waals surface area (Å²) in [6.07, 6.45) is 4.65. The van der Waals surface area contributed by atoms with Crippen LogP contribution in [0.5, 0.6) is 0 Å². The largest absolute Gasteiger partial charge is 0.381 e. The maximum absolute atomic E-state index is 10.4. The minimum atomic E-state index is 0.292. The Hall–Kier alpha value is -2.33. The van der Waals surface area contributed by atoms with Gasteiger partial charge in [0.05, 0.1) is 13.2 Å². The fourth-order valence-corrected chi connectivity index (χ4v) is 5.57. The minimum absolute atomic E-state index is 0.292. The quantitative estimate of drug-likeness (QED) is 0.481. The average molecular weight is 515 g/mol. The van der Waals surface area contributed by atoms with Gasteiger partial charge >= 0.3 is 0 Å². The highest BCUT2D eigenvalue weighted by atomic mass is 35.5. The normalized spacial score (nSPS) is 20.2. The van der Waals surface area contributed by atoms with E-state index in [2.05, 4.69) is 24.1 Å². The van der Waals surface area contributed by atoms with E-state index in [0.29, 0.717) is 34.5 Å². The molecule has 0 spiro atoms.